The molecule has 2 aromatic carbocycles. The van der Waals surface area contributed by atoms with Crippen LogP contribution in [0.4, 0.5) is 4.39 Å². The van der Waals surface area contributed by atoms with Crippen LogP contribution in [-0.4, -0.2) is 28.8 Å². The van der Waals surface area contributed by atoms with Crippen molar-refractivity contribution in [2.24, 2.45) is 0 Å². The fourth-order valence-corrected chi connectivity index (χ4v) is 3.63. The highest BCUT2D eigenvalue weighted by atomic mass is 35.5. The van der Waals surface area contributed by atoms with E-state index in [1.807, 2.05) is 20.8 Å². The highest BCUT2D eigenvalue weighted by Crippen LogP contribution is 2.26. The van der Waals surface area contributed by atoms with Gasteiger partial charge in [0.05, 0.1) is 6.42 Å². The lowest BCUT2D eigenvalue weighted by Crippen LogP contribution is -2.51. The number of benzene rings is 2. The van der Waals surface area contributed by atoms with Crippen molar-refractivity contribution in [2.75, 3.05) is 0 Å². The lowest BCUT2D eigenvalue weighted by atomic mass is 10.1. The van der Waals surface area contributed by atoms with Crippen LogP contribution >= 0.6 is 23.2 Å². The average molecular weight is 453 g/mol. The van der Waals surface area contributed by atoms with Crippen LogP contribution in [0, 0.1) is 5.82 Å². The molecule has 2 atom stereocenters. The number of nitrogens with one attached hydrogen (secondary N) is 1. The number of nitrogens with zero attached hydrogens (tertiary/aromatic N) is 1. The van der Waals surface area contributed by atoms with E-state index in [0.717, 1.165) is 12.0 Å². The molecular weight excluding hydrogens is 426 g/mol. The third-order valence-electron chi connectivity index (χ3n) is 5.04. The molecule has 0 fully saturated rings. The molecule has 0 aromatic heterocycles. The molecule has 162 valence electrons. The van der Waals surface area contributed by atoms with E-state index in [9.17, 15) is 14.0 Å². The monoisotopic (exact) mass is 452 g/mol. The van der Waals surface area contributed by atoms with Crippen molar-refractivity contribution in [3.8, 4) is 0 Å². The summed E-state index contributed by atoms with van der Waals surface area (Å²) in [5, 5.41) is 3.75. The Bertz CT molecular complexity index is 854. The van der Waals surface area contributed by atoms with E-state index < -0.39 is 6.04 Å². The largest absolute Gasteiger partial charge is 0.352 e. The van der Waals surface area contributed by atoms with Gasteiger partial charge in [0.25, 0.3) is 0 Å². The number of hydrogen-bond donors (Lipinski definition) is 1. The van der Waals surface area contributed by atoms with Crippen LogP contribution in [0.5, 0.6) is 0 Å². The summed E-state index contributed by atoms with van der Waals surface area (Å²) in [5.41, 5.74) is 1.25. The molecule has 30 heavy (non-hydrogen) atoms. The van der Waals surface area contributed by atoms with Crippen molar-refractivity contribution in [1.82, 2.24) is 10.2 Å². The first-order valence-electron chi connectivity index (χ1n) is 10.0. The third-order valence-corrected chi connectivity index (χ3v) is 5.75. The van der Waals surface area contributed by atoms with E-state index >= 15 is 0 Å². The zero-order chi connectivity index (χ0) is 22.3. The van der Waals surface area contributed by atoms with Crippen molar-refractivity contribution in [3.63, 3.8) is 0 Å². The van der Waals surface area contributed by atoms with Gasteiger partial charge in [-0.15, -0.1) is 0 Å². The number of halogens is 3. The van der Waals surface area contributed by atoms with Crippen LogP contribution in [0.15, 0.2) is 42.5 Å². The molecular formula is C23H27Cl2FN2O2. The van der Waals surface area contributed by atoms with E-state index in [1.54, 1.807) is 30.3 Å². The van der Waals surface area contributed by atoms with Crippen LogP contribution in [-0.2, 0) is 22.6 Å². The predicted octanol–water partition coefficient (Wildman–Crippen LogP) is 5.40. The number of rotatable bonds is 9. The Balaban J connectivity index is 2.34. The molecule has 0 heterocycles. The van der Waals surface area contributed by atoms with E-state index in [0.29, 0.717) is 22.0 Å². The lowest BCUT2D eigenvalue weighted by Gasteiger charge is -2.31. The SMILES string of the molecule is CC[C@H](C)NC(=O)[C@H](CC)N(Cc1ccc(F)cc1)C(=O)Cc1c(Cl)cccc1Cl. The fraction of sp³-hybridized carbons (Fsp3) is 0.391. The maximum Gasteiger partial charge on any atom is 0.243 e. The molecule has 0 radical (unpaired) electrons. The first-order chi connectivity index (χ1) is 14.3. The van der Waals surface area contributed by atoms with E-state index in [4.69, 9.17) is 23.2 Å². The summed E-state index contributed by atoms with van der Waals surface area (Å²) < 4.78 is 13.3. The summed E-state index contributed by atoms with van der Waals surface area (Å²) in [6, 6.07) is 10.3. The van der Waals surface area contributed by atoms with E-state index in [2.05, 4.69) is 5.32 Å². The van der Waals surface area contributed by atoms with Gasteiger partial charge in [0.1, 0.15) is 11.9 Å². The maximum absolute atomic E-state index is 13.3. The van der Waals surface area contributed by atoms with Crippen LogP contribution < -0.4 is 5.32 Å². The van der Waals surface area contributed by atoms with Crippen molar-refractivity contribution in [3.05, 3.63) is 69.5 Å². The van der Waals surface area contributed by atoms with Gasteiger partial charge in [-0.05, 0) is 55.2 Å². The molecule has 4 nitrogen and oxygen atoms in total. The van der Waals surface area contributed by atoms with Crippen LogP contribution in [0.3, 0.4) is 0 Å². The molecule has 2 rings (SSSR count). The average Bonchev–Trinajstić information content (AvgIpc) is 2.71. The van der Waals surface area contributed by atoms with Gasteiger partial charge in [-0.25, -0.2) is 4.39 Å². The minimum absolute atomic E-state index is 0.00710. The Hall–Kier alpha value is -2.11. The second-order valence-corrected chi connectivity index (χ2v) is 8.08. The van der Waals surface area contributed by atoms with Crippen LogP contribution in [0.1, 0.15) is 44.7 Å². The molecule has 0 aliphatic rings. The summed E-state index contributed by atoms with van der Waals surface area (Å²) in [6.07, 6.45) is 1.18. The zero-order valence-electron chi connectivity index (χ0n) is 17.4. The Morgan fingerprint density at radius 1 is 1.03 bits per heavy atom. The van der Waals surface area contributed by atoms with Gasteiger partial charge in [-0.2, -0.15) is 0 Å². The third kappa shape index (κ3) is 6.44. The molecule has 7 heteroatoms. The number of hydrogen-bond acceptors (Lipinski definition) is 2. The maximum atomic E-state index is 13.3. The van der Waals surface area contributed by atoms with Gasteiger partial charge in [0, 0.05) is 22.6 Å². The van der Waals surface area contributed by atoms with Crippen LogP contribution in [0.2, 0.25) is 10.0 Å². The van der Waals surface area contributed by atoms with Crippen LogP contribution in [0.25, 0.3) is 0 Å². The van der Waals surface area contributed by atoms with Crippen molar-refractivity contribution >= 4 is 35.0 Å². The fourth-order valence-electron chi connectivity index (χ4n) is 3.10. The molecule has 0 saturated heterocycles. The molecule has 0 bridgehead atoms. The van der Waals surface area contributed by atoms with E-state index in [-0.39, 0.29) is 36.6 Å². The standard InChI is InChI=1S/C23H27Cl2FN2O2/c1-4-15(3)27-23(30)21(5-2)28(14-16-9-11-17(26)12-10-16)22(29)13-18-19(24)7-6-8-20(18)25/h6-12,15,21H,4-5,13-14H2,1-3H3,(H,27,30)/t15-,21-/m0/s1. The molecule has 0 unspecified atom stereocenters. The second-order valence-electron chi connectivity index (χ2n) is 7.27. The summed E-state index contributed by atoms with van der Waals surface area (Å²) >= 11 is 12.5. The first-order valence-corrected chi connectivity index (χ1v) is 10.8. The minimum atomic E-state index is -0.669. The predicted molar refractivity (Wildman–Crippen MR) is 119 cm³/mol. The summed E-state index contributed by atoms with van der Waals surface area (Å²) in [6.45, 7) is 5.93. The molecule has 1 N–H and O–H groups in total. The minimum Gasteiger partial charge on any atom is -0.352 e. The number of carbonyl (C=O) groups is 2. The molecule has 2 amide bonds. The Morgan fingerprint density at radius 3 is 2.17 bits per heavy atom. The van der Waals surface area contributed by atoms with Gasteiger partial charge in [-0.3, -0.25) is 9.59 Å². The highest BCUT2D eigenvalue weighted by molar-refractivity contribution is 6.36. The van der Waals surface area contributed by atoms with Crippen molar-refractivity contribution < 1.29 is 14.0 Å². The summed E-state index contributed by atoms with van der Waals surface area (Å²) in [4.78, 5) is 27.7. The zero-order valence-corrected chi connectivity index (χ0v) is 18.9. The normalized spacial score (nSPS) is 12.9. The Labute approximate surface area is 187 Å². The van der Waals surface area contributed by atoms with Gasteiger partial charge in [0.15, 0.2) is 0 Å². The van der Waals surface area contributed by atoms with Gasteiger partial charge in [0.2, 0.25) is 11.8 Å². The first kappa shape index (κ1) is 24.2. The van der Waals surface area contributed by atoms with Gasteiger partial charge >= 0.3 is 0 Å². The van der Waals surface area contributed by atoms with E-state index in [1.165, 1.54) is 17.0 Å². The smallest absolute Gasteiger partial charge is 0.243 e. The molecule has 0 saturated carbocycles. The van der Waals surface area contributed by atoms with Crippen molar-refractivity contribution in [2.45, 2.75) is 58.7 Å². The Morgan fingerprint density at radius 2 is 1.63 bits per heavy atom. The molecule has 2 aromatic rings. The highest BCUT2D eigenvalue weighted by Gasteiger charge is 2.30. The Kier molecular flexibility index (Phi) is 9.12. The number of amides is 2. The van der Waals surface area contributed by atoms with Crippen molar-refractivity contribution in [1.29, 1.82) is 0 Å². The quantitative estimate of drug-likeness (QED) is 0.553. The second kappa shape index (κ2) is 11.3. The molecule has 0 spiro atoms. The summed E-state index contributed by atoms with van der Waals surface area (Å²) in [5.74, 6) is -0.853. The van der Waals surface area contributed by atoms with Gasteiger partial charge in [-0.1, -0.05) is 55.2 Å². The molecule has 0 aliphatic carbocycles. The molecule has 0 aliphatic heterocycles. The lowest BCUT2D eigenvalue weighted by molar-refractivity contribution is -0.141. The summed E-state index contributed by atoms with van der Waals surface area (Å²) in [7, 11) is 0. The van der Waals surface area contributed by atoms with Gasteiger partial charge < -0.3 is 10.2 Å². The number of carbonyl (C=O) groups excluding carboxylic acids is 2. The topological polar surface area (TPSA) is 49.4 Å².